The average Bonchev–Trinajstić information content (AvgIpc) is 3.11. The molecule has 2 aromatic carbocycles. The van der Waals surface area contributed by atoms with E-state index in [4.69, 9.17) is 5.73 Å². The molecule has 3 aromatic rings. The molecule has 5 nitrogen and oxygen atoms in total. The largest absolute Gasteiger partial charge is 0.326 e. The molecule has 136 valence electrons. The number of thiophene rings is 1. The van der Waals surface area contributed by atoms with Gasteiger partial charge in [-0.25, -0.2) is 16.8 Å². The number of hydrogen-bond donors (Lipinski definition) is 1. The van der Waals surface area contributed by atoms with Crippen molar-refractivity contribution in [3.05, 3.63) is 65.5 Å². The molecule has 3 rings (SSSR count). The van der Waals surface area contributed by atoms with Crippen LogP contribution < -0.4 is 5.73 Å². The number of sulfone groups is 2. The third-order valence-electron chi connectivity index (χ3n) is 3.83. The standard InChI is InChI=1S/C18H17NO4S3/c1-25(20,21)16-9-14(13-5-3-2-4-6-13)10-17(11-16)26(22,23)18-8-7-15(12-19)24-18/h2-11H,12,19H2,1H3. The van der Waals surface area contributed by atoms with Crippen LogP contribution in [0.15, 0.2) is 74.7 Å². The van der Waals surface area contributed by atoms with Gasteiger partial charge in [-0.15, -0.1) is 11.3 Å². The lowest BCUT2D eigenvalue weighted by Gasteiger charge is -2.09. The maximum Gasteiger partial charge on any atom is 0.216 e. The fourth-order valence-electron chi connectivity index (χ4n) is 2.47. The molecule has 0 atom stereocenters. The zero-order valence-corrected chi connectivity index (χ0v) is 16.4. The van der Waals surface area contributed by atoms with Crippen LogP contribution in [0.4, 0.5) is 0 Å². The van der Waals surface area contributed by atoms with Gasteiger partial charge in [-0.3, -0.25) is 0 Å². The monoisotopic (exact) mass is 407 g/mol. The normalized spacial score (nSPS) is 12.2. The molecular formula is C18H17NO4S3. The van der Waals surface area contributed by atoms with E-state index in [1.807, 2.05) is 18.2 Å². The Morgan fingerprint density at radius 2 is 1.50 bits per heavy atom. The fourth-order valence-corrected chi connectivity index (χ4v) is 5.93. The Balaban J connectivity index is 2.24. The van der Waals surface area contributed by atoms with Crippen LogP contribution in [0.2, 0.25) is 0 Å². The van der Waals surface area contributed by atoms with E-state index in [0.717, 1.165) is 28.0 Å². The van der Waals surface area contributed by atoms with E-state index in [1.54, 1.807) is 18.2 Å². The van der Waals surface area contributed by atoms with E-state index in [-0.39, 0.29) is 20.5 Å². The highest BCUT2D eigenvalue weighted by molar-refractivity contribution is 7.93. The molecule has 1 aromatic heterocycles. The lowest BCUT2D eigenvalue weighted by atomic mass is 10.1. The Morgan fingerprint density at radius 1 is 0.846 bits per heavy atom. The molecule has 0 aliphatic carbocycles. The lowest BCUT2D eigenvalue weighted by molar-refractivity contribution is 0.597. The maximum absolute atomic E-state index is 13.0. The Bertz CT molecular complexity index is 1150. The van der Waals surface area contributed by atoms with Crippen molar-refractivity contribution in [1.29, 1.82) is 0 Å². The molecule has 8 heteroatoms. The van der Waals surface area contributed by atoms with Crippen molar-refractivity contribution in [3.8, 4) is 11.1 Å². The van der Waals surface area contributed by atoms with Crippen LogP contribution in [0.1, 0.15) is 4.88 Å². The quantitative estimate of drug-likeness (QED) is 0.701. The first-order chi connectivity index (χ1) is 12.2. The Labute approximate surface area is 157 Å². The Kier molecular flexibility index (Phi) is 5.03. The molecule has 0 aliphatic heterocycles. The molecule has 0 saturated heterocycles. The first kappa shape index (κ1) is 18.8. The first-order valence-electron chi connectivity index (χ1n) is 7.66. The topological polar surface area (TPSA) is 94.3 Å². The van der Waals surface area contributed by atoms with Crippen molar-refractivity contribution in [2.24, 2.45) is 5.73 Å². The van der Waals surface area contributed by atoms with Crippen LogP contribution in [0, 0.1) is 0 Å². The second kappa shape index (κ2) is 6.96. The molecule has 0 spiro atoms. The average molecular weight is 408 g/mol. The van der Waals surface area contributed by atoms with Gasteiger partial charge in [-0.05, 0) is 41.5 Å². The van der Waals surface area contributed by atoms with Crippen LogP contribution in [-0.2, 0) is 26.2 Å². The first-order valence-corrected chi connectivity index (χ1v) is 11.9. The summed E-state index contributed by atoms with van der Waals surface area (Å²) in [5, 5.41) is 0. The van der Waals surface area contributed by atoms with Crippen molar-refractivity contribution in [1.82, 2.24) is 0 Å². The van der Waals surface area contributed by atoms with Crippen LogP contribution in [0.25, 0.3) is 11.1 Å². The highest BCUT2D eigenvalue weighted by atomic mass is 32.2. The van der Waals surface area contributed by atoms with Crippen LogP contribution in [-0.4, -0.2) is 23.1 Å². The van der Waals surface area contributed by atoms with E-state index in [9.17, 15) is 16.8 Å². The molecule has 0 aliphatic rings. The summed E-state index contributed by atoms with van der Waals surface area (Å²) in [5.41, 5.74) is 6.83. The minimum absolute atomic E-state index is 0.0342. The molecule has 1 heterocycles. The molecule has 0 bridgehead atoms. The van der Waals surface area contributed by atoms with Crippen LogP contribution in [0.3, 0.4) is 0 Å². The van der Waals surface area contributed by atoms with Gasteiger partial charge in [-0.2, -0.15) is 0 Å². The van der Waals surface area contributed by atoms with Crippen molar-refractivity contribution in [2.45, 2.75) is 20.5 Å². The van der Waals surface area contributed by atoms with E-state index in [0.29, 0.717) is 5.56 Å². The Hall–Kier alpha value is -2.00. The fraction of sp³-hybridized carbons (Fsp3) is 0.111. The summed E-state index contributed by atoms with van der Waals surface area (Å²) in [6.07, 6.45) is 1.06. The zero-order chi connectivity index (χ0) is 18.9. The molecule has 0 unspecified atom stereocenters. The van der Waals surface area contributed by atoms with E-state index in [2.05, 4.69) is 0 Å². The van der Waals surface area contributed by atoms with Gasteiger partial charge in [0.05, 0.1) is 9.79 Å². The third kappa shape index (κ3) is 3.73. The molecule has 26 heavy (non-hydrogen) atoms. The van der Waals surface area contributed by atoms with Gasteiger partial charge in [0.15, 0.2) is 9.84 Å². The summed E-state index contributed by atoms with van der Waals surface area (Å²) in [7, 11) is -7.42. The maximum atomic E-state index is 13.0. The summed E-state index contributed by atoms with van der Waals surface area (Å²) in [6.45, 7) is 0.249. The molecule has 0 fully saturated rings. The minimum Gasteiger partial charge on any atom is -0.326 e. The van der Waals surface area contributed by atoms with Gasteiger partial charge < -0.3 is 5.73 Å². The summed E-state index contributed by atoms with van der Waals surface area (Å²) in [5.74, 6) is 0. The summed E-state index contributed by atoms with van der Waals surface area (Å²) < 4.78 is 50.3. The number of benzene rings is 2. The van der Waals surface area contributed by atoms with Crippen molar-refractivity contribution in [3.63, 3.8) is 0 Å². The summed E-state index contributed by atoms with van der Waals surface area (Å²) in [4.78, 5) is 0.656. The van der Waals surface area contributed by atoms with Gasteiger partial charge in [-0.1, -0.05) is 30.3 Å². The van der Waals surface area contributed by atoms with Gasteiger partial charge in [0.25, 0.3) is 0 Å². The molecule has 0 radical (unpaired) electrons. The SMILES string of the molecule is CS(=O)(=O)c1cc(-c2ccccc2)cc(S(=O)(=O)c2ccc(CN)s2)c1. The summed E-state index contributed by atoms with van der Waals surface area (Å²) >= 11 is 1.09. The van der Waals surface area contributed by atoms with Gasteiger partial charge in [0, 0.05) is 17.7 Å². The van der Waals surface area contributed by atoms with E-state index in [1.165, 1.54) is 24.3 Å². The predicted molar refractivity (Wildman–Crippen MR) is 103 cm³/mol. The predicted octanol–water partition coefficient (Wildman–Crippen LogP) is 3.11. The summed E-state index contributed by atoms with van der Waals surface area (Å²) in [6, 6.07) is 16.4. The molecule has 2 N–H and O–H groups in total. The van der Waals surface area contributed by atoms with Crippen molar-refractivity contribution >= 4 is 31.0 Å². The molecular weight excluding hydrogens is 390 g/mol. The smallest absolute Gasteiger partial charge is 0.216 e. The highest BCUT2D eigenvalue weighted by Gasteiger charge is 2.23. The van der Waals surface area contributed by atoms with Crippen molar-refractivity contribution < 1.29 is 16.8 Å². The Morgan fingerprint density at radius 3 is 2.08 bits per heavy atom. The third-order valence-corrected chi connectivity index (χ3v) is 8.25. The second-order valence-corrected chi connectivity index (χ2v) is 11.1. The number of rotatable bonds is 5. The van der Waals surface area contributed by atoms with Crippen LogP contribution in [0.5, 0.6) is 0 Å². The van der Waals surface area contributed by atoms with Crippen LogP contribution >= 0.6 is 11.3 Å². The second-order valence-electron chi connectivity index (χ2n) is 5.76. The molecule has 0 saturated carbocycles. The van der Waals surface area contributed by atoms with Gasteiger partial charge in [0.2, 0.25) is 9.84 Å². The zero-order valence-electron chi connectivity index (χ0n) is 13.9. The number of nitrogens with two attached hydrogens (primary N) is 1. The van der Waals surface area contributed by atoms with E-state index < -0.39 is 19.7 Å². The molecule has 0 amide bonds. The minimum atomic E-state index is -3.84. The van der Waals surface area contributed by atoms with Gasteiger partial charge >= 0.3 is 0 Å². The van der Waals surface area contributed by atoms with E-state index >= 15 is 0 Å². The van der Waals surface area contributed by atoms with Gasteiger partial charge in [0.1, 0.15) is 4.21 Å². The van der Waals surface area contributed by atoms with Crippen molar-refractivity contribution in [2.75, 3.05) is 6.26 Å². The lowest BCUT2D eigenvalue weighted by Crippen LogP contribution is -2.04. The number of hydrogen-bond acceptors (Lipinski definition) is 6. The highest BCUT2D eigenvalue weighted by Crippen LogP contribution is 2.32.